The van der Waals surface area contributed by atoms with Crippen molar-refractivity contribution in [1.82, 2.24) is 29.9 Å². The van der Waals surface area contributed by atoms with E-state index in [0.717, 1.165) is 67.5 Å². The third-order valence-electron chi connectivity index (χ3n) is 5.84. The van der Waals surface area contributed by atoms with Gasteiger partial charge in [0.15, 0.2) is 0 Å². The maximum absolute atomic E-state index is 5.78. The Morgan fingerprint density at radius 3 is 2.61 bits per heavy atom. The lowest BCUT2D eigenvalue weighted by atomic mass is 10.0. The summed E-state index contributed by atoms with van der Waals surface area (Å²) >= 11 is 0. The molecular formula is C24H27N7O2. The van der Waals surface area contributed by atoms with Crippen molar-refractivity contribution in [3.63, 3.8) is 0 Å². The summed E-state index contributed by atoms with van der Waals surface area (Å²) in [5, 5.41) is 14.1. The molecule has 9 nitrogen and oxygen atoms in total. The summed E-state index contributed by atoms with van der Waals surface area (Å²) in [6.45, 7) is 9.97. The highest BCUT2D eigenvalue weighted by Crippen LogP contribution is 2.41. The number of H-pyrrole nitrogens is 1. The van der Waals surface area contributed by atoms with Crippen molar-refractivity contribution in [3.8, 4) is 16.9 Å². The van der Waals surface area contributed by atoms with Gasteiger partial charge in [-0.05, 0) is 38.8 Å². The van der Waals surface area contributed by atoms with Crippen molar-refractivity contribution in [2.24, 2.45) is 7.05 Å². The number of rotatable bonds is 5. The lowest BCUT2D eigenvalue weighted by Crippen LogP contribution is -2.01. The van der Waals surface area contributed by atoms with Crippen LogP contribution in [0.4, 0.5) is 11.5 Å². The molecule has 0 atom stereocenters. The molecule has 170 valence electrons. The Morgan fingerprint density at radius 2 is 1.94 bits per heavy atom. The van der Waals surface area contributed by atoms with Crippen LogP contribution in [0.25, 0.3) is 33.1 Å². The van der Waals surface area contributed by atoms with Gasteiger partial charge >= 0.3 is 0 Å². The predicted molar refractivity (Wildman–Crippen MR) is 128 cm³/mol. The van der Waals surface area contributed by atoms with Crippen molar-refractivity contribution in [3.05, 3.63) is 41.3 Å². The number of anilines is 2. The zero-order chi connectivity index (χ0) is 23.4. The second-order valence-corrected chi connectivity index (χ2v) is 8.65. The van der Waals surface area contributed by atoms with Gasteiger partial charge in [0.25, 0.3) is 0 Å². The third kappa shape index (κ3) is 3.40. The first-order chi connectivity index (χ1) is 15.8. The summed E-state index contributed by atoms with van der Waals surface area (Å²) in [5.41, 5.74) is 6.27. The monoisotopic (exact) mass is 445 g/mol. The third-order valence-corrected chi connectivity index (χ3v) is 5.84. The first-order valence-electron chi connectivity index (χ1n) is 10.9. The number of aryl methyl sites for hydroxylation is 4. The van der Waals surface area contributed by atoms with E-state index in [1.807, 2.05) is 44.8 Å². The van der Waals surface area contributed by atoms with E-state index in [0.29, 0.717) is 5.82 Å². The summed E-state index contributed by atoms with van der Waals surface area (Å²) in [5.74, 6) is 3.15. The number of ether oxygens (including phenoxy) is 1. The van der Waals surface area contributed by atoms with Crippen molar-refractivity contribution in [1.29, 1.82) is 0 Å². The number of fused-ring (bicyclic) bond motifs is 3. The molecule has 0 saturated carbocycles. The molecular weight excluding hydrogens is 418 g/mol. The van der Waals surface area contributed by atoms with E-state index in [1.165, 1.54) is 0 Å². The fraction of sp³-hybridized carbons (Fsp3) is 0.333. The molecule has 2 N–H and O–H groups in total. The second-order valence-electron chi connectivity index (χ2n) is 8.65. The molecule has 0 aliphatic carbocycles. The van der Waals surface area contributed by atoms with E-state index in [9.17, 15) is 0 Å². The van der Waals surface area contributed by atoms with Crippen LogP contribution in [0.15, 0.2) is 22.9 Å². The molecule has 9 heteroatoms. The van der Waals surface area contributed by atoms with Crippen LogP contribution in [0.5, 0.6) is 5.75 Å². The van der Waals surface area contributed by atoms with Crippen molar-refractivity contribution < 1.29 is 9.26 Å². The Bertz CT molecular complexity index is 1490. The lowest BCUT2D eigenvalue weighted by Gasteiger charge is -2.11. The molecule has 0 radical (unpaired) electrons. The van der Waals surface area contributed by atoms with Gasteiger partial charge in [-0.1, -0.05) is 19.0 Å². The van der Waals surface area contributed by atoms with Gasteiger partial charge in [-0.15, -0.1) is 0 Å². The van der Waals surface area contributed by atoms with E-state index in [4.69, 9.17) is 14.2 Å². The maximum Gasteiger partial charge on any atom is 0.144 e. The number of benzene rings is 1. The Morgan fingerprint density at radius 1 is 1.15 bits per heavy atom. The SMILES string of the molecule is COc1cc2c(cc1-c1c(C)noc1C)[nH]c1nc(C)nc(Nc3cn(C)nc3C(C)C)c12. The van der Waals surface area contributed by atoms with Gasteiger partial charge in [0.2, 0.25) is 0 Å². The van der Waals surface area contributed by atoms with Crippen LogP contribution < -0.4 is 10.1 Å². The summed E-state index contributed by atoms with van der Waals surface area (Å²) < 4.78 is 13.0. The Balaban J connectivity index is 1.75. The molecule has 5 rings (SSSR count). The van der Waals surface area contributed by atoms with Gasteiger partial charge in [-0.3, -0.25) is 4.68 Å². The Labute approximate surface area is 191 Å². The van der Waals surface area contributed by atoms with Crippen LogP contribution in [0.1, 0.15) is 42.7 Å². The van der Waals surface area contributed by atoms with Crippen LogP contribution in [0.3, 0.4) is 0 Å². The normalized spacial score (nSPS) is 11.8. The minimum absolute atomic E-state index is 0.271. The molecule has 0 amide bonds. The van der Waals surface area contributed by atoms with Crippen LogP contribution in [-0.2, 0) is 7.05 Å². The quantitative estimate of drug-likeness (QED) is 0.378. The van der Waals surface area contributed by atoms with Gasteiger partial charge in [-0.25, -0.2) is 9.97 Å². The predicted octanol–water partition coefficient (Wildman–Crippen LogP) is 5.30. The first kappa shape index (κ1) is 21.0. The number of methoxy groups -OCH3 is 1. The molecule has 33 heavy (non-hydrogen) atoms. The molecule has 0 fully saturated rings. The van der Waals surface area contributed by atoms with E-state index in [1.54, 1.807) is 7.11 Å². The average molecular weight is 446 g/mol. The zero-order valence-corrected chi connectivity index (χ0v) is 19.9. The van der Waals surface area contributed by atoms with Gasteiger partial charge < -0.3 is 19.6 Å². The van der Waals surface area contributed by atoms with Crippen LogP contribution in [0.2, 0.25) is 0 Å². The number of hydrogen-bond acceptors (Lipinski definition) is 7. The van der Waals surface area contributed by atoms with Gasteiger partial charge in [-0.2, -0.15) is 5.10 Å². The molecule has 1 aromatic carbocycles. The largest absolute Gasteiger partial charge is 0.496 e. The lowest BCUT2D eigenvalue weighted by molar-refractivity contribution is 0.393. The Hall–Kier alpha value is -3.88. The molecule has 0 saturated heterocycles. The minimum Gasteiger partial charge on any atom is -0.496 e. The second kappa shape index (κ2) is 7.61. The number of hydrogen-bond donors (Lipinski definition) is 2. The number of aromatic amines is 1. The Kier molecular flexibility index (Phi) is 4.84. The van der Waals surface area contributed by atoms with Crippen LogP contribution in [0, 0.1) is 20.8 Å². The summed E-state index contributed by atoms with van der Waals surface area (Å²) in [6.07, 6.45) is 1.98. The number of aromatic nitrogens is 6. The zero-order valence-electron chi connectivity index (χ0n) is 19.9. The fourth-order valence-corrected chi connectivity index (χ4v) is 4.41. The highest BCUT2D eigenvalue weighted by molar-refractivity contribution is 6.13. The van der Waals surface area contributed by atoms with Gasteiger partial charge in [0.1, 0.15) is 28.8 Å². The highest BCUT2D eigenvalue weighted by Gasteiger charge is 2.21. The molecule has 0 aliphatic heterocycles. The molecule has 0 bridgehead atoms. The molecule has 0 unspecified atom stereocenters. The first-order valence-corrected chi connectivity index (χ1v) is 10.9. The minimum atomic E-state index is 0.271. The molecule has 0 spiro atoms. The smallest absolute Gasteiger partial charge is 0.144 e. The average Bonchev–Trinajstić information content (AvgIpc) is 3.40. The van der Waals surface area contributed by atoms with E-state index in [2.05, 4.69) is 45.5 Å². The molecule has 4 heterocycles. The standard InChI is InChI=1S/C24H27N7O2/c1-11(2)22-18(10-31(6)29-22)28-24-21-15-9-19(32-7)16(20-12(3)30-33-13(20)4)8-17(15)27-23(21)25-14(5)26-24/h8-11H,1-7H3,(H2,25,26,27,28). The molecule has 0 aliphatic rings. The van der Waals surface area contributed by atoms with Gasteiger partial charge in [0.05, 0.1) is 35.1 Å². The van der Waals surface area contributed by atoms with Gasteiger partial charge in [0, 0.05) is 29.7 Å². The topological polar surface area (TPSA) is 107 Å². The highest BCUT2D eigenvalue weighted by atomic mass is 16.5. The number of nitrogens with one attached hydrogen (secondary N) is 2. The fourth-order valence-electron chi connectivity index (χ4n) is 4.41. The van der Waals surface area contributed by atoms with Crippen molar-refractivity contribution in [2.75, 3.05) is 12.4 Å². The van der Waals surface area contributed by atoms with E-state index >= 15 is 0 Å². The van der Waals surface area contributed by atoms with Crippen LogP contribution in [-0.4, -0.2) is 37.0 Å². The van der Waals surface area contributed by atoms with E-state index < -0.39 is 0 Å². The maximum atomic E-state index is 5.78. The van der Waals surface area contributed by atoms with Crippen molar-refractivity contribution >= 4 is 33.4 Å². The molecule has 4 aromatic heterocycles. The molecule has 5 aromatic rings. The van der Waals surface area contributed by atoms with Crippen LogP contribution >= 0.6 is 0 Å². The summed E-state index contributed by atoms with van der Waals surface area (Å²) in [6, 6.07) is 4.08. The summed E-state index contributed by atoms with van der Waals surface area (Å²) in [7, 11) is 3.59. The summed E-state index contributed by atoms with van der Waals surface area (Å²) in [4.78, 5) is 12.9. The van der Waals surface area contributed by atoms with E-state index in [-0.39, 0.29) is 5.92 Å². The number of nitrogens with zero attached hydrogens (tertiary/aromatic N) is 5. The van der Waals surface area contributed by atoms with Crippen molar-refractivity contribution in [2.45, 2.75) is 40.5 Å².